The molecule has 0 saturated carbocycles. The summed E-state index contributed by atoms with van der Waals surface area (Å²) in [7, 11) is 1.65. The normalized spacial score (nSPS) is 13.2. The van der Waals surface area contributed by atoms with E-state index in [9.17, 15) is 9.90 Å². The van der Waals surface area contributed by atoms with Crippen molar-refractivity contribution >= 4 is 33.4 Å². The molecule has 1 atom stereocenters. The van der Waals surface area contributed by atoms with Crippen LogP contribution in [-0.4, -0.2) is 41.4 Å². The summed E-state index contributed by atoms with van der Waals surface area (Å²) in [6.07, 6.45) is 0.175. The Labute approximate surface area is 126 Å². The Morgan fingerprint density at radius 1 is 1.58 bits per heavy atom. The topological polar surface area (TPSA) is 49.8 Å². The van der Waals surface area contributed by atoms with Gasteiger partial charge in [0.05, 0.1) is 16.4 Å². The molecule has 6 heteroatoms. The first-order valence-electron chi connectivity index (χ1n) is 6.03. The van der Waals surface area contributed by atoms with Crippen LogP contribution in [0.5, 0.6) is 0 Å². The van der Waals surface area contributed by atoms with Crippen LogP contribution in [0, 0.1) is 0 Å². The Bertz CT molecular complexity index is 428. The molecule has 108 valence electrons. The number of aliphatic hydroxyl groups excluding tert-OH is 1. The second-order valence-corrected chi connectivity index (χ2v) is 7.59. The van der Waals surface area contributed by atoms with E-state index in [1.54, 1.807) is 18.4 Å². The summed E-state index contributed by atoms with van der Waals surface area (Å²) in [5, 5.41) is 11.4. The van der Waals surface area contributed by atoms with Crippen LogP contribution in [0.25, 0.3) is 0 Å². The summed E-state index contributed by atoms with van der Waals surface area (Å²) >= 11 is 5.05. The maximum atomic E-state index is 12.0. The largest absolute Gasteiger partial charge is 0.444 e. The van der Waals surface area contributed by atoms with Crippen LogP contribution < -0.4 is 0 Å². The average molecular weight is 350 g/mol. The average Bonchev–Trinajstić information content (AvgIpc) is 2.68. The predicted molar refractivity (Wildman–Crippen MR) is 80.6 cm³/mol. The van der Waals surface area contributed by atoms with E-state index >= 15 is 0 Å². The molecule has 0 saturated heterocycles. The lowest BCUT2D eigenvalue weighted by Crippen LogP contribution is -2.43. The molecule has 1 rings (SSSR count). The van der Waals surface area contributed by atoms with Gasteiger partial charge in [-0.2, -0.15) is 0 Å². The summed E-state index contributed by atoms with van der Waals surface area (Å²) in [5.74, 6) is 0. The Balaban J connectivity index is 2.69. The van der Waals surface area contributed by atoms with Crippen molar-refractivity contribution in [3.05, 3.63) is 20.8 Å². The van der Waals surface area contributed by atoms with E-state index in [0.29, 0.717) is 6.42 Å². The lowest BCUT2D eigenvalue weighted by molar-refractivity contribution is 0.0163. The molecule has 4 nitrogen and oxygen atoms in total. The van der Waals surface area contributed by atoms with Crippen molar-refractivity contribution in [2.75, 3.05) is 13.7 Å². The van der Waals surface area contributed by atoms with E-state index in [-0.39, 0.29) is 12.6 Å². The molecule has 0 aliphatic heterocycles. The molecular weight excluding hydrogens is 330 g/mol. The molecule has 0 bridgehead atoms. The molecule has 0 radical (unpaired) electrons. The van der Waals surface area contributed by atoms with E-state index in [1.807, 2.05) is 32.2 Å². The molecule has 0 aliphatic rings. The SMILES string of the molecule is CN(C(=O)OC(C)(C)C)C(CO)Cc1ccsc1Br. The summed E-state index contributed by atoms with van der Waals surface area (Å²) in [5.41, 5.74) is 0.549. The number of hydrogen-bond acceptors (Lipinski definition) is 4. The fourth-order valence-corrected chi connectivity index (χ4v) is 2.80. The highest BCUT2D eigenvalue weighted by molar-refractivity contribution is 9.11. The molecule has 1 amide bonds. The summed E-state index contributed by atoms with van der Waals surface area (Å²) in [6, 6.07) is 1.70. The minimum Gasteiger partial charge on any atom is -0.444 e. The molecule has 0 fully saturated rings. The van der Waals surface area contributed by atoms with Gasteiger partial charge in [0.1, 0.15) is 5.60 Å². The monoisotopic (exact) mass is 349 g/mol. The quantitative estimate of drug-likeness (QED) is 0.907. The number of nitrogens with zero attached hydrogens (tertiary/aromatic N) is 1. The smallest absolute Gasteiger partial charge is 0.410 e. The lowest BCUT2D eigenvalue weighted by atomic mass is 10.1. The van der Waals surface area contributed by atoms with Gasteiger partial charge in [0.25, 0.3) is 0 Å². The molecule has 1 N–H and O–H groups in total. The first-order valence-corrected chi connectivity index (χ1v) is 7.70. The lowest BCUT2D eigenvalue weighted by Gasteiger charge is -2.29. The fraction of sp³-hybridized carbons (Fsp3) is 0.615. The van der Waals surface area contributed by atoms with Crippen molar-refractivity contribution < 1.29 is 14.6 Å². The van der Waals surface area contributed by atoms with E-state index in [4.69, 9.17) is 4.74 Å². The highest BCUT2D eigenvalue weighted by atomic mass is 79.9. The molecule has 1 aromatic heterocycles. The van der Waals surface area contributed by atoms with Crippen molar-refractivity contribution in [1.29, 1.82) is 0 Å². The number of hydrogen-bond donors (Lipinski definition) is 1. The van der Waals surface area contributed by atoms with E-state index in [0.717, 1.165) is 9.35 Å². The van der Waals surface area contributed by atoms with Crippen LogP contribution in [0.4, 0.5) is 4.79 Å². The zero-order valence-corrected chi connectivity index (χ0v) is 14.0. The van der Waals surface area contributed by atoms with Gasteiger partial charge in [0.15, 0.2) is 0 Å². The highest BCUT2D eigenvalue weighted by Crippen LogP contribution is 2.25. The Hall–Kier alpha value is -0.590. The zero-order chi connectivity index (χ0) is 14.6. The molecule has 1 unspecified atom stereocenters. The number of halogens is 1. The second-order valence-electron chi connectivity index (χ2n) is 5.35. The van der Waals surface area contributed by atoms with Crippen LogP contribution in [0.1, 0.15) is 26.3 Å². The van der Waals surface area contributed by atoms with Gasteiger partial charge in [0, 0.05) is 7.05 Å². The molecule has 1 aromatic rings. The fourth-order valence-electron chi connectivity index (χ4n) is 1.53. The number of carbonyl (C=O) groups is 1. The van der Waals surface area contributed by atoms with Crippen molar-refractivity contribution in [1.82, 2.24) is 4.90 Å². The molecule has 0 aliphatic carbocycles. The van der Waals surface area contributed by atoms with Gasteiger partial charge in [-0.3, -0.25) is 0 Å². The van der Waals surface area contributed by atoms with E-state index in [2.05, 4.69) is 15.9 Å². The molecule has 0 spiro atoms. The predicted octanol–water partition coefficient (Wildman–Crippen LogP) is 3.28. The van der Waals surface area contributed by atoms with Crippen molar-refractivity contribution in [3.63, 3.8) is 0 Å². The first kappa shape index (κ1) is 16.5. The summed E-state index contributed by atoms with van der Waals surface area (Å²) < 4.78 is 6.33. The van der Waals surface area contributed by atoms with Crippen LogP contribution in [0.3, 0.4) is 0 Å². The molecule has 1 heterocycles. The maximum Gasteiger partial charge on any atom is 0.410 e. The first-order chi connectivity index (χ1) is 8.74. The number of carbonyl (C=O) groups excluding carboxylic acids is 1. The minimum atomic E-state index is -0.533. The van der Waals surface area contributed by atoms with Gasteiger partial charge in [-0.1, -0.05) is 0 Å². The third kappa shape index (κ3) is 5.12. The van der Waals surface area contributed by atoms with Gasteiger partial charge in [-0.15, -0.1) is 11.3 Å². The second kappa shape index (κ2) is 6.72. The van der Waals surface area contributed by atoms with Crippen LogP contribution in [0.2, 0.25) is 0 Å². The Morgan fingerprint density at radius 3 is 2.63 bits per heavy atom. The van der Waals surface area contributed by atoms with Gasteiger partial charge in [0.2, 0.25) is 0 Å². The van der Waals surface area contributed by atoms with Crippen molar-refractivity contribution in [3.8, 4) is 0 Å². The van der Waals surface area contributed by atoms with Gasteiger partial charge in [-0.05, 0) is 60.1 Å². The van der Waals surface area contributed by atoms with Gasteiger partial charge < -0.3 is 14.7 Å². The van der Waals surface area contributed by atoms with Crippen LogP contribution in [-0.2, 0) is 11.2 Å². The van der Waals surface area contributed by atoms with Crippen molar-refractivity contribution in [2.45, 2.75) is 38.8 Å². The molecule has 19 heavy (non-hydrogen) atoms. The highest BCUT2D eigenvalue weighted by Gasteiger charge is 2.25. The number of aliphatic hydroxyl groups is 1. The van der Waals surface area contributed by atoms with Gasteiger partial charge >= 0.3 is 6.09 Å². The van der Waals surface area contributed by atoms with Crippen LogP contribution in [0.15, 0.2) is 15.2 Å². The van der Waals surface area contributed by atoms with Crippen molar-refractivity contribution in [2.24, 2.45) is 0 Å². The summed E-state index contributed by atoms with van der Waals surface area (Å²) in [6.45, 7) is 5.37. The number of ether oxygens (including phenoxy) is 1. The summed E-state index contributed by atoms with van der Waals surface area (Å²) in [4.78, 5) is 13.4. The third-order valence-electron chi connectivity index (χ3n) is 2.59. The number of rotatable bonds is 4. The number of likely N-dealkylation sites (N-methyl/N-ethyl adjacent to an activating group) is 1. The van der Waals surface area contributed by atoms with Crippen LogP contribution >= 0.6 is 27.3 Å². The maximum absolute atomic E-state index is 12.0. The van der Waals surface area contributed by atoms with E-state index in [1.165, 1.54) is 4.90 Å². The zero-order valence-electron chi connectivity index (χ0n) is 11.6. The number of thiophene rings is 1. The standard InChI is InChI=1S/C13H20BrNO3S/c1-13(2,3)18-12(17)15(4)10(8-16)7-9-5-6-19-11(9)14/h5-6,10,16H,7-8H2,1-4H3. The Kier molecular flexibility index (Phi) is 5.82. The number of amides is 1. The minimum absolute atomic E-state index is 0.0992. The molecular formula is C13H20BrNO3S. The van der Waals surface area contributed by atoms with Gasteiger partial charge in [-0.25, -0.2) is 4.79 Å². The van der Waals surface area contributed by atoms with E-state index < -0.39 is 11.7 Å². The molecule has 0 aromatic carbocycles. The Morgan fingerprint density at radius 2 is 2.21 bits per heavy atom. The third-order valence-corrected chi connectivity index (χ3v) is 4.40.